The fourth-order valence-electron chi connectivity index (χ4n) is 2.65. The van der Waals surface area contributed by atoms with Crippen molar-refractivity contribution >= 4 is 11.8 Å². The van der Waals surface area contributed by atoms with Gasteiger partial charge in [-0.15, -0.1) is 0 Å². The molecule has 1 fully saturated rings. The van der Waals surface area contributed by atoms with Crippen molar-refractivity contribution in [1.29, 1.82) is 0 Å². The molecule has 0 aliphatic carbocycles. The van der Waals surface area contributed by atoms with Gasteiger partial charge >= 0.3 is 0 Å². The molecule has 0 aromatic heterocycles. The molecule has 1 saturated heterocycles. The average molecular weight is 293 g/mol. The van der Waals surface area contributed by atoms with Gasteiger partial charge in [0.05, 0.1) is 5.60 Å². The molecule has 0 spiro atoms. The molecular formula is C17H27NOS. The summed E-state index contributed by atoms with van der Waals surface area (Å²) < 4.78 is 0.252. The van der Waals surface area contributed by atoms with Crippen LogP contribution in [0.3, 0.4) is 0 Å². The van der Waals surface area contributed by atoms with E-state index in [9.17, 15) is 5.11 Å². The SMILES string of the molecule is CN1CCC(O)(c2ccccc2CSC(C)(C)C)CC1. The lowest BCUT2D eigenvalue weighted by Crippen LogP contribution is -2.41. The molecule has 1 N–H and O–H groups in total. The zero-order valence-corrected chi connectivity index (χ0v) is 14.0. The zero-order chi connectivity index (χ0) is 14.8. The largest absolute Gasteiger partial charge is 0.385 e. The molecule has 1 aliphatic rings. The van der Waals surface area contributed by atoms with E-state index in [0.29, 0.717) is 0 Å². The Morgan fingerprint density at radius 3 is 2.40 bits per heavy atom. The van der Waals surface area contributed by atoms with E-state index in [1.165, 1.54) is 5.56 Å². The minimum atomic E-state index is -0.637. The first kappa shape index (κ1) is 15.9. The van der Waals surface area contributed by atoms with Crippen LogP contribution >= 0.6 is 11.8 Å². The number of hydrogen-bond donors (Lipinski definition) is 1. The van der Waals surface area contributed by atoms with Crippen LogP contribution in [0.25, 0.3) is 0 Å². The molecule has 1 heterocycles. The van der Waals surface area contributed by atoms with Gasteiger partial charge in [-0.05, 0) is 31.0 Å². The van der Waals surface area contributed by atoms with Crippen molar-refractivity contribution in [3.63, 3.8) is 0 Å². The van der Waals surface area contributed by atoms with Crippen molar-refractivity contribution < 1.29 is 5.11 Å². The van der Waals surface area contributed by atoms with Gasteiger partial charge in [0.1, 0.15) is 0 Å². The van der Waals surface area contributed by atoms with E-state index in [-0.39, 0.29) is 4.75 Å². The van der Waals surface area contributed by atoms with Crippen LogP contribution in [0.2, 0.25) is 0 Å². The van der Waals surface area contributed by atoms with Crippen LogP contribution in [0.5, 0.6) is 0 Å². The van der Waals surface area contributed by atoms with Crippen LogP contribution < -0.4 is 0 Å². The van der Waals surface area contributed by atoms with E-state index in [0.717, 1.165) is 37.2 Å². The number of rotatable bonds is 3. The molecule has 1 aromatic rings. The van der Waals surface area contributed by atoms with E-state index < -0.39 is 5.60 Å². The lowest BCUT2D eigenvalue weighted by Gasteiger charge is -2.38. The number of hydrogen-bond acceptors (Lipinski definition) is 3. The standard InChI is InChI=1S/C17H27NOS/c1-16(2,3)20-13-14-7-5-6-8-15(14)17(19)9-11-18(4)12-10-17/h5-8,19H,9-13H2,1-4H3. The highest BCUT2D eigenvalue weighted by molar-refractivity contribution is 7.99. The molecule has 112 valence electrons. The molecule has 2 nitrogen and oxygen atoms in total. The number of thioether (sulfide) groups is 1. The molecule has 20 heavy (non-hydrogen) atoms. The Morgan fingerprint density at radius 1 is 1.20 bits per heavy atom. The number of nitrogens with zero attached hydrogens (tertiary/aromatic N) is 1. The molecule has 0 amide bonds. The number of benzene rings is 1. The van der Waals surface area contributed by atoms with Gasteiger partial charge in [0.25, 0.3) is 0 Å². The first-order valence-corrected chi connectivity index (χ1v) is 8.42. The smallest absolute Gasteiger partial charge is 0.0923 e. The highest BCUT2D eigenvalue weighted by Crippen LogP contribution is 2.37. The van der Waals surface area contributed by atoms with E-state index in [1.54, 1.807) is 0 Å². The molecule has 0 atom stereocenters. The van der Waals surface area contributed by atoms with Gasteiger partial charge in [-0.1, -0.05) is 45.0 Å². The van der Waals surface area contributed by atoms with Gasteiger partial charge in [0.2, 0.25) is 0 Å². The molecule has 0 bridgehead atoms. The van der Waals surface area contributed by atoms with Gasteiger partial charge in [-0.25, -0.2) is 0 Å². The van der Waals surface area contributed by atoms with Gasteiger partial charge < -0.3 is 10.0 Å². The Balaban J connectivity index is 2.19. The highest BCUT2D eigenvalue weighted by atomic mass is 32.2. The molecule has 1 aromatic carbocycles. The Morgan fingerprint density at radius 2 is 1.80 bits per heavy atom. The summed E-state index contributed by atoms with van der Waals surface area (Å²) in [5.41, 5.74) is 1.80. The maximum atomic E-state index is 11.0. The maximum Gasteiger partial charge on any atom is 0.0923 e. The second kappa shape index (κ2) is 6.08. The van der Waals surface area contributed by atoms with Crippen LogP contribution in [0.1, 0.15) is 44.7 Å². The zero-order valence-electron chi connectivity index (χ0n) is 13.1. The molecule has 0 radical (unpaired) electrons. The molecule has 0 saturated carbocycles. The monoisotopic (exact) mass is 293 g/mol. The third-order valence-electron chi connectivity index (χ3n) is 3.99. The summed E-state index contributed by atoms with van der Waals surface area (Å²) in [7, 11) is 2.13. The van der Waals surface area contributed by atoms with Crippen LogP contribution in [0.15, 0.2) is 24.3 Å². The second-order valence-corrected chi connectivity index (χ2v) is 8.70. The molecule has 3 heteroatoms. The number of likely N-dealkylation sites (tertiary alicyclic amines) is 1. The van der Waals surface area contributed by atoms with Crippen LogP contribution in [0.4, 0.5) is 0 Å². The van der Waals surface area contributed by atoms with Crippen LogP contribution in [0, 0.1) is 0 Å². The van der Waals surface area contributed by atoms with Gasteiger partial charge in [-0.2, -0.15) is 11.8 Å². The van der Waals surface area contributed by atoms with Crippen LogP contribution in [-0.2, 0) is 11.4 Å². The molecule has 2 rings (SSSR count). The second-order valence-electron chi connectivity index (χ2n) is 6.89. The summed E-state index contributed by atoms with van der Waals surface area (Å²) in [6.07, 6.45) is 1.67. The van der Waals surface area contributed by atoms with Gasteiger partial charge in [0.15, 0.2) is 0 Å². The summed E-state index contributed by atoms with van der Waals surface area (Å²) in [6.45, 7) is 8.66. The van der Waals surface area contributed by atoms with Crippen molar-refractivity contribution in [2.24, 2.45) is 0 Å². The van der Waals surface area contributed by atoms with Crippen molar-refractivity contribution in [1.82, 2.24) is 4.90 Å². The molecule has 1 aliphatic heterocycles. The third kappa shape index (κ3) is 4.00. The minimum Gasteiger partial charge on any atom is -0.385 e. The summed E-state index contributed by atoms with van der Waals surface area (Å²) in [4.78, 5) is 2.29. The first-order valence-electron chi connectivity index (χ1n) is 7.43. The third-order valence-corrected chi connectivity index (χ3v) is 5.31. The quantitative estimate of drug-likeness (QED) is 0.920. The summed E-state index contributed by atoms with van der Waals surface area (Å²) in [5.74, 6) is 0.970. The van der Waals surface area contributed by atoms with E-state index in [2.05, 4.69) is 57.0 Å². The predicted octanol–water partition coefficient (Wildman–Crippen LogP) is 3.63. The molecule has 0 unspecified atom stereocenters. The normalized spacial score (nSPS) is 20.1. The van der Waals surface area contributed by atoms with E-state index in [1.807, 2.05) is 11.8 Å². The fraction of sp³-hybridized carbons (Fsp3) is 0.647. The number of piperidine rings is 1. The van der Waals surface area contributed by atoms with E-state index in [4.69, 9.17) is 0 Å². The van der Waals surface area contributed by atoms with Crippen LogP contribution in [-0.4, -0.2) is 34.9 Å². The fourth-order valence-corrected chi connectivity index (χ4v) is 3.49. The Hall–Kier alpha value is -0.510. The van der Waals surface area contributed by atoms with Crippen molar-refractivity contribution in [3.8, 4) is 0 Å². The summed E-state index contributed by atoms with van der Waals surface area (Å²) >= 11 is 1.94. The van der Waals surface area contributed by atoms with Crippen molar-refractivity contribution in [2.45, 2.75) is 49.7 Å². The Kier molecular flexibility index (Phi) is 4.83. The maximum absolute atomic E-state index is 11.0. The first-order chi connectivity index (χ1) is 9.30. The highest BCUT2D eigenvalue weighted by Gasteiger charge is 2.34. The summed E-state index contributed by atoms with van der Waals surface area (Å²) in [6, 6.07) is 8.42. The minimum absolute atomic E-state index is 0.252. The average Bonchev–Trinajstić information content (AvgIpc) is 2.40. The topological polar surface area (TPSA) is 23.5 Å². The lowest BCUT2D eigenvalue weighted by atomic mass is 9.82. The van der Waals surface area contributed by atoms with E-state index >= 15 is 0 Å². The van der Waals surface area contributed by atoms with Gasteiger partial charge in [0, 0.05) is 23.6 Å². The predicted molar refractivity (Wildman–Crippen MR) is 88.1 cm³/mol. The summed E-state index contributed by atoms with van der Waals surface area (Å²) in [5, 5.41) is 11.0. The van der Waals surface area contributed by atoms with Crippen molar-refractivity contribution in [3.05, 3.63) is 35.4 Å². The van der Waals surface area contributed by atoms with Crippen molar-refractivity contribution in [2.75, 3.05) is 20.1 Å². The van der Waals surface area contributed by atoms with Gasteiger partial charge in [-0.3, -0.25) is 0 Å². The lowest BCUT2D eigenvalue weighted by molar-refractivity contribution is -0.0208. The molecular weight excluding hydrogens is 266 g/mol. The number of aliphatic hydroxyl groups is 1. The Bertz CT molecular complexity index is 445. The Labute approximate surface area is 127 Å².